The van der Waals surface area contributed by atoms with Gasteiger partial charge in [0.1, 0.15) is 5.60 Å². The van der Waals surface area contributed by atoms with Crippen molar-refractivity contribution in [1.82, 2.24) is 0 Å². The summed E-state index contributed by atoms with van der Waals surface area (Å²) in [5.74, 6) is 0.171. The molecule has 0 N–H and O–H groups in total. The molecule has 0 radical (unpaired) electrons. The Kier molecular flexibility index (Phi) is 4.54. The summed E-state index contributed by atoms with van der Waals surface area (Å²) in [5, 5.41) is 0. The van der Waals surface area contributed by atoms with Crippen LogP contribution in [0.15, 0.2) is 12.7 Å². The molecule has 0 aromatic carbocycles. The summed E-state index contributed by atoms with van der Waals surface area (Å²) in [7, 11) is 0. The van der Waals surface area contributed by atoms with Crippen LogP contribution in [0.4, 0.5) is 0 Å². The van der Waals surface area contributed by atoms with E-state index in [1.54, 1.807) is 0 Å². The summed E-state index contributed by atoms with van der Waals surface area (Å²) in [5.41, 5.74) is -0.393. The fourth-order valence-corrected chi connectivity index (χ4v) is 1.79. The monoisotopic (exact) mass is 226 g/mol. The Morgan fingerprint density at radius 1 is 1.50 bits per heavy atom. The molecule has 1 aliphatic rings. The molecule has 92 valence electrons. The summed E-state index contributed by atoms with van der Waals surface area (Å²) in [6.07, 6.45) is 4.41. The van der Waals surface area contributed by atoms with E-state index in [2.05, 4.69) is 6.58 Å². The smallest absolute Gasteiger partial charge is 0.306 e. The Bertz CT molecular complexity index is 244. The Morgan fingerprint density at radius 3 is 2.62 bits per heavy atom. The maximum Gasteiger partial charge on any atom is 0.306 e. The molecule has 0 amide bonds. The lowest BCUT2D eigenvalue weighted by Crippen LogP contribution is -2.29. The van der Waals surface area contributed by atoms with Crippen molar-refractivity contribution >= 4 is 5.97 Å². The third-order valence-corrected chi connectivity index (χ3v) is 2.54. The zero-order valence-corrected chi connectivity index (χ0v) is 10.5. The Labute approximate surface area is 97.8 Å². The first-order valence-electron chi connectivity index (χ1n) is 5.86. The van der Waals surface area contributed by atoms with Crippen LogP contribution < -0.4 is 0 Å². The number of ether oxygens (including phenoxy) is 2. The van der Waals surface area contributed by atoms with Gasteiger partial charge in [0.15, 0.2) is 0 Å². The van der Waals surface area contributed by atoms with Crippen LogP contribution in [0.3, 0.4) is 0 Å². The second-order valence-corrected chi connectivity index (χ2v) is 5.34. The highest BCUT2D eigenvalue weighted by Gasteiger charge is 2.24. The van der Waals surface area contributed by atoms with E-state index in [0.29, 0.717) is 18.9 Å². The van der Waals surface area contributed by atoms with Gasteiger partial charge in [-0.1, -0.05) is 6.08 Å². The number of rotatable bonds is 3. The molecular formula is C13H22O3. The normalized spacial score (nSPS) is 26.2. The SMILES string of the molecule is C=C[C@@H]1CC[C@@H](CC(=O)OC(C)(C)C)CO1. The Balaban J connectivity index is 2.28. The van der Waals surface area contributed by atoms with Crippen molar-refractivity contribution in [1.29, 1.82) is 0 Å². The summed E-state index contributed by atoms with van der Waals surface area (Å²) in [6, 6.07) is 0. The molecule has 0 bridgehead atoms. The van der Waals surface area contributed by atoms with Crippen molar-refractivity contribution in [3.63, 3.8) is 0 Å². The highest BCUT2D eigenvalue weighted by atomic mass is 16.6. The van der Waals surface area contributed by atoms with Crippen LogP contribution in [-0.2, 0) is 14.3 Å². The summed E-state index contributed by atoms with van der Waals surface area (Å²) >= 11 is 0. The lowest BCUT2D eigenvalue weighted by molar-refractivity contribution is -0.157. The van der Waals surface area contributed by atoms with Gasteiger partial charge in [0.05, 0.1) is 19.1 Å². The standard InChI is InChI=1S/C13H22O3/c1-5-11-7-6-10(9-15-11)8-12(14)16-13(2,3)4/h5,10-11H,1,6-9H2,2-4H3/t10-,11+/m0/s1. The van der Waals surface area contributed by atoms with Gasteiger partial charge in [0.25, 0.3) is 0 Å². The van der Waals surface area contributed by atoms with Crippen LogP contribution in [0.2, 0.25) is 0 Å². The zero-order valence-electron chi connectivity index (χ0n) is 10.5. The van der Waals surface area contributed by atoms with Crippen LogP contribution >= 0.6 is 0 Å². The van der Waals surface area contributed by atoms with E-state index in [4.69, 9.17) is 9.47 Å². The molecule has 1 saturated heterocycles. The van der Waals surface area contributed by atoms with Gasteiger partial charge in [-0.2, -0.15) is 0 Å². The van der Waals surface area contributed by atoms with Gasteiger partial charge in [-0.3, -0.25) is 4.79 Å². The van der Waals surface area contributed by atoms with E-state index in [1.165, 1.54) is 0 Å². The Hall–Kier alpha value is -0.830. The van der Waals surface area contributed by atoms with Gasteiger partial charge in [-0.15, -0.1) is 6.58 Å². The summed E-state index contributed by atoms with van der Waals surface area (Å²) < 4.78 is 10.8. The molecule has 3 nitrogen and oxygen atoms in total. The molecule has 0 aliphatic carbocycles. The number of esters is 1. The predicted octanol–water partition coefficient (Wildman–Crippen LogP) is 2.70. The van der Waals surface area contributed by atoms with Gasteiger partial charge < -0.3 is 9.47 Å². The molecule has 0 aromatic rings. The van der Waals surface area contributed by atoms with Crippen molar-refractivity contribution in [2.24, 2.45) is 5.92 Å². The number of carbonyl (C=O) groups excluding carboxylic acids is 1. The van der Waals surface area contributed by atoms with Crippen molar-refractivity contribution < 1.29 is 14.3 Å². The average Bonchev–Trinajstić information content (AvgIpc) is 2.16. The van der Waals surface area contributed by atoms with Crippen LogP contribution in [0.25, 0.3) is 0 Å². The molecule has 2 atom stereocenters. The maximum absolute atomic E-state index is 11.6. The number of hydrogen-bond acceptors (Lipinski definition) is 3. The van der Waals surface area contributed by atoms with Gasteiger partial charge >= 0.3 is 5.97 Å². The predicted molar refractivity (Wildman–Crippen MR) is 63.1 cm³/mol. The zero-order chi connectivity index (χ0) is 12.2. The molecule has 3 heteroatoms. The van der Waals surface area contributed by atoms with Gasteiger partial charge in [-0.05, 0) is 39.5 Å². The van der Waals surface area contributed by atoms with Crippen molar-refractivity contribution in [2.45, 2.75) is 51.7 Å². The van der Waals surface area contributed by atoms with E-state index in [-0.39, 0.29) is 12.1 Å². The quantitative estimate of drug-likeness (QED) is 0.548. The van der Waals surface area contributed by atoms with E-state index in [0.717, 1.165) is 12.8 Å². The first-order valence-corrected chi connectivity index (χ1v) is 5.86. The van der Waals surface area contributed by atoms with Crippen molar-refractivity contribution in [3.8, 4) is 0 Å². The fourth-order valence-electron chi connectivity index (χ4n) is 1.79. The summed E-state index contributed by atoms with van der Waals surface area (Å²) in [6.45, 7) is 9.99. The first-order chi connectivity index (χ1) is 7.40. The highest BCUT2D eigenvalue weighted by Crippen LogP contribution is 2.23. The topological polar surface area (TPSA) is 35.5 Å². The van der Waals surface area contributed by atoms with E-state index in [9.17, 15) is 4.79 Å². The van der Waals surface area contributed by atoms with E-state index >= 15 is 0 Å². The van der Waals surface area contributed by atoms with E-state index in [1.807, 2.05) is 26.8 Å². The molecule has 16 heavy (non-hydrogen) atoms. The Morgan fingerprint density at radius 2 is 2.19 bits per heavy atom. The minimum absolute atomic E-state index is 0.127. The average molecular weight is 226 g/mol. The second kappa shape index (κ2) is 5.48. The molecule has 1 aliphatic heterocycles. The van der Waals surface area contributed by atoms with Gasteiger partial charge in [0.2, 0.25) is 0 Å². The molecule has 1 fully saturated rings. The minimum atomic E-state index is -0.393. The molecule has 0 spiro atoms. The third-order valence-electron chi connectivity index (χ3n) is 2.54. The van der Waals surface area contributed by atoms with Crippen LogP contribution in [-0.4, -0.2) is 24.3 Å². The third kappa shape index (κ3) is 4.79. The highest BCUT2D eigenvalue weighted by molar-refractivity contribution is 5.70. The lowest BCUT2D eigenvalue weighted by atomic mass is 9.95. The van der Waals surface area contributed by atoms with Gasteiger partial charge in [-0.25, -0.2) is 0 Å². The molecule has 0 aromatic heterocycles. The van der Waals surface area contributed by atoms with Crippen LogP contribution in [0.5, 0.6) is 0 Å². The molecule has 0 saturated carbocycles. The molecule has 0 unspecified atom stereocenters. The lowest BCUT2D eigenvalue weighted by Gasteiger charge is -2.27. The number of hydrogen-bond donors (Lipinski definition) is 0. The fraction of sp³-hybridized carbons (Fsp3) is 0.769. The minimum Gasteiger partial charge on any atom is -0.460 e. The van der Waals surface area contributed by atoms with Gasteiger partial charge in [0, 0.05) is 0 Å². The van der Waals surface area contributed by atoms with E-state index < -0.39 is 5.60 Å². The summed E-state index contributed by atoms with van der Waals surface area (Å²) in [4.78, 5) is 11.6. The molecular weight excluding hydrogens is 204 g/mol. The molecule has 1 heterocycles. The molecule has 1 rings (SSSR count). The van der Waals surface area contributed by atoms with Crippen LogP contribution in [0, 0.1) is 5.92 Å². The second-order valence-electron chi connectivity index (χ2n) is 5.34. The first kappa shape index (κ1) is 13.2. The van der Waals surface area contributed by atoms with Crippen LogP contribution in [0.1, 0.15) is 40.0 Å². The number of carbonyl (C=O) groups is 1. The van der Waals surface area contributed by atoms with Crippen molar-refractivity contribution in [2.75, 3.05) is 6.61 Å². The van der Waals surface area contributed by atoms with Crippen molar-refractivity contribution in [3.05, 3.63) is 12.7 Å². The maximum atomic E-state index is 11.6. The largest absolute Gasteiger partial charge is 0.460 e.